The van der Waals surface area contributed by atoms with Crippen LogP contribution in [0.3, 0.4) is 0 Å². The first kappa shape index (κ1) is 15.9. The van der Waals surface area contributed by atoms with Crippen molar-refractivity contribution in [2.45, 2.75) is 0 Å². The molecule has 0 bridgehead atoms. The van der Waals surface area contributed by atoms with Gasteiger partial charge < -0.3 is 1.43 Å². The monoisotopic (exact) mass is 186 g/mol. The van der Waals surface area contributed by atoms with Gasteiger partial charge in [0.2, 0.25) is 0 Å². The van der Waals surface area contributed by atoms with Gasteiger partial charge in [0.15, 0.2) is 0 Å². The Morgan fingerprint density at radius 2 is 1.50 bits per heavy atom. The summed E-state index contributed by atoms with van der Waals surface area (Å²) in [5.41, 5.74) is 0. The minimum absolute atomic E-state index is 0. The van der Waals surface area contributed by atoms with Crippen LogP contribution < -0.4 is 58.2 Å². The summed E-state index contributed by atoms with van der Waals surface area (Å²) in [5.74, 6) is 0. The second-order valence-electron chi connectivity index (χ2n) is 0. The third-order valence-electron chi connectivity index (χ3n) is 0. The Morgan fingerprint density at radius 3 is 1.50 bits per heavy atom. The first-order chi connectivity index (χ1) is 1.00. The summed E-state index contributed by atoms with van der Waals surface area (Å²) >= 11 is 0.611. The molecular formula is H2AlFeORb. The van der Waals surface area contributed by atoms with Crippen LogP contribution in [0.4, 0.5) is 0 Å². The largest absolute Gasteiger partial charge is 1.00 e. The molecule has 0 aromatic carbocycles. The molecule has 0 aliphatic carbocycles. The van der Waals surface area contributed by atoms with Crippen molar-refractivity contribution in [3.63, 3.8) is 0 Å². The van der Waals surface area contributed by atoms with E-state index in [0.717, 1.165) is 0 Å². The van der Waals surface area contributed by atoms with Crippen molar-refractivity contribution >= 4 is 16.2 Å². The summed E-state index contributed by atoms with van der Waals surface area (Å²) in [4.78, 5) is 0. The zero-order valence-corrected chi connectivity index (χ0v) is 9.90. The zero-order chi connectivity index (χ0) is 2.00. The predicted molar refractivity (Wildman–Crippen MR) is 8.95 cm³/mol. The Kier molecular flexibility index (Phi) is 69.2. The van der Waals surface area contributed by atoms with Crippen LogP contribution in [-0.2, 0) is 20.9 Å². The van der Waals surface area contributed by atoms with E-state index in [1.165, 1.54) is 0 Å². The van der Waals surface area contributed by atoms with Crippen molar-refractivity contribution in [1.29, 1.82) is 0 Å². The van der Waals surface area contributed by atoms with Gasteiger partial charge in [-0.15, -0.1) is 0 Å². The molecule has 0 atom stereocenters. The Balaban J connectivity index is -0.00000000167. The fraction of sp³-hybridized carbons (Fsp3) is 0. The molecule has 0 heterocycles. The second kappa shape index (κ2) is 17.4. The van der Waals surface area contributed by atoms with Crippen LogP contribution in [0.1, 0.15) is 1.43 Å². The molecule has 0 unspecified atom stereocenters. The fourth-order valence-corrected chi connectivity index (χ4v) is 0. The van der Waals surface area contributed by atoms with E-state index in [1.54, 1.807) is 0 Å². The van der Waals surface area contributed by atoms with Crippen LogP contribution in [0.25, 0.3) is 0 Å². The summed E-state index contributed by atoms with van der Waals surface area (Å²) in [6.45, 7) is 0. The molecule has 0 fully saturated rings. The molecule has 0 aromatic heterocycles. The number of rotatable bonds is 0. The molecular weight excluding hydrogens is 184 g/mol. The van der Waals surface area contributed by atoms with E-state index in [2.05, 4.69) is 0 Å². The smallest absolute Gasteiger partial charge is 1.00 e. The van der Waals surface area contributed by atoms with Crippen LogP contribution in [-0.4, -0.2) is 16.2 Å². The summed E-state index contributed by atoms with van der Waals surface area (Å²) in [7, 11) is 0. The molecule has 4 heavy (non-hydrogen) atoms. The van der Waals surface area contributed by atoms with E-state index in [9.17, 15) is 0 Å². The van der Waals surface area contributed by atoms with Crippen molar-refractivity contribution in [3.05, 3.63) is 0 Å². The van der Waals surface area contributed by atoms with Crippen LogP contribution in [0, 0.1) is 0 Å². The van der Waals surface area contributed by atoms with Gasteiger partial charge >= 0.3 is 78.2 Å². The van der Waals surface area contributed by atoms with Crippen molar-refractivity contribution in [3.8, 4) is 0 Å². The average molecular weight is 186 g/mol. The maximum absolute atomic E-state index is 8.28. The average Bonchev–Trinajstić information content (AvgIpc) is 1.00. The van der Waals surface area contributed by atoms with Gasteiger partial charge in [-0.2, -0.15) is 0 Å². The van der Waals surface area contributed by atoms with Gasteiger partial charge in [-0.05, 0) is 0 Å². The van der Waals surface area contributed by atoms with Gasteiger partial charge in [-0.25, -0.2) is 0 Å². The van der Waals surface area contributed by atoms with Crippen LogP contribution in [0.15, 0.2) is 0 Å². The van der Waals surface area contributed by atoms with E-state index in [4.69, 9.17) is 3.80 Å². The SMILES string of the molecule is [Fe].[H-].[O]=[AlH].[Rb+]. The summed E-state index contributed by atoms with van der Waals surface area (Å²) < 4.78 is 8.28. The Morgan fingerprint density at radius 1 is 1.50 bits per heavy atom. The van der Waals surface area contributed by atoms with Crippen molar-refractivity contribution in [2.75, 3.05) is 0 Å². The van der Waals surface area contributed by atoms with Gasteiger partial charge in [-0.3, -0.25) is 0 Å². The van der Waals surface area contributed by atoms with Gasteiger partial charge in [0, 0.05) is 17.1 Å². The molecule has 0 amide bonds. The molecule has 0 saturated carbocycles. The standard InChI is InChI=1S/Al.Fe.O.Rb.2H/q;;;+1;;-1. The van der Waals surface area contributed by atoms with Crippen molar-refractivity contribution in [2.24, 2.45) is 0 Å². The molecule has 0 saturated heterocycles. The van der Waals surface area contributed by atoms with E-state index >= 15 is 0 Å². The van der Waals surface area contributed by atoms with Crippen LogP contribution >= 0.6 is 0 Å². The van der Waals surface area contributed by atoms with Crippen molar-refractivity contribution < 1.29 is 80.5 Å². The molecule has 0 aliphatic heterocycles. The molecule has 20 valence electrons. The molecule has 0 spiro atoms. The van der Waals surface area contributed by atoms with E-state index in [1.807, 2.05) is 0 Å². The maximum Gasteiger partial charge on any atom is 1.00 e. The molecule has 0 aliphatic rings. The molecule has 0 aromatic rings. The Hall–Kier alpha value is 2.66. The first-order valence-electron chi connectivity index (χ1n) is 0.289. The minimum atomic E-state index is 0. The maximum atomic E-state index is 8.28. The molecule has 0 radical (unpaired) electrons. The fourth-order valence-electron chi connectivity index (χ4n) is 0. The Bertz CT molecular complexity index is 11.6. The number of hydrogen-bond acceptors (Lipinski definition) is 1. The molecule has 0 N–H and O–H groups in total. The van der Waals surface area contributed by atoms with E-state index in [0.29, 0.717) is 16.2 Å². The summed E-state index contributed by atoms with van der Waals surface area (Å²) in [6.07, 6.45) is 0. The van der Waals surface area contributed by atoms with Crippen LogP contribution in [0.5, 0.6) is 0 Å². The molecule has 0 rings (SSSR count). The molecule has 1 nitrogen and oxygen atoms in total. The second-order valence-corrected chi connectivity index (χ2v) is 0. The van der Waals surface area contributed by atoms with Crippen LogP contribution in [0.2, 0.25) is 0 Å². The van der Waals surface area contributed by atoms with Gasteiger partial charge in [0.25, 0.3) is 0 Å². The zero-order valence-electron chi connectivity index (χ0n) is 3.47. The predicted octanol–water partition coefficient (Wildman–Crippen LogP) is -3.65. The normalized spacial score (nSPS) is 0.750. The Labute approximate surface area is 94.3 Å². The molecule has 4 heteroatoms. The summed E-state index contributed by atoms with van der Waals surface area (Å²) in [5, 5.41) is 0. The topological polar surface area (TPSA) is 17.1 Å². The third kappa shape index (κ3) is 8.82. The quantitative estimate of drug-likeness (QED) is 0.357. The van der Waals surface area contributed by atoms with E-state index < -0.39 is 0 Å². The minimum Gasteiger partial charge on any atom is 1.00 e. The first-order valence-corrected chi connectivity index (χ1v) is 0.866. The third-order valence-corrected chi connectivity index (χ3v) is 0. The van der Waals surface area contributed by atoms with Gasteiger partial charge in [0.05, 0.1) is 0 Å². The van der Waals surface area contributed by atoms with Gasteiger partial charge in [0.1, 0.15) is 0 Å². The van der Waals surface area contributed by atoms with E-state index in [-0.39, 0.29) is 76.7 Å². The van der Waals surface area contributed by atoms with Gasteiger partial charge in [-0.1, -0.05) is 0 Å². The van der Waals surface area contributed by atoms with Crippen molar-refractivity contribution in [1.82, 2.24) is 0 Å². The summed E-state index contributed by atoms with van der Waals surface area (Å²) in [6, 6.07) is 0. The number of hydrogen-bond donors (Lipinski definition) is 0.